The molecule has 1 rings (SSSR count). The molecule has 0 radical (unpaired) electrons. The summed E-state index contributed by atoms with van der Waals surface area (Å²) in [6.45, 7) is 13.4. The van der Waals surface area contributed by atoms with Crippen molar-refractivity contribution in [3.05, 3.63) is 0 Å². The molecule has 0 aromatic heterocycles. The van der Waals surface area contributed by atoms with E-state index in [4.69, 9.17) is 4.74 Å². The van der Waals surface area contributed by atoms with Gasteiger partial charge in [-0.15, -0.1) is 0 Å². The van der Waals surface area contributed by atoms with Gasteiger partial charge < -0.3 is 15.0 Å². The molecule has 0 saturated carbocycles. The minimum atomic E-state index is 0.430. The number of ether oxygens (including phenoxy) is 1. The van der Waals surface area contributed by atoms with E-state index in [0.29, 0.717) is 5.41 Å². The van der Waals surface area contributed by atoms with E-state index in [0.717, 1.165) is 32.2 Å². The Balaban J connectivity index is 2.43. The third-order valence-electron chi connectivity index (χ3n) is 4.17. The average Bonchev–Trinajstić information content (AvgIpc) is 2.38. The molecule has 0 aromatic rings. The van der Waals surface area contributed by atoms with Gasteiger partial charge in [0.05, 0.1) is 0 Å². The van der Waals surface area contributed by atoms with E-state index in [1.54, 1.807) is 0 Å². The molecule has 0 aliphatic carbocycles. The van der Waals surface area contributed by atoms with Gasteiger partial charge in [0, 0.05) is 26.3 Å². The van der Waals surface area contributed by atoms with Crippen LogP contribution in [0, 0.1) is 11.3 Å². The zero-order valence-electron chi connectivity index (χ0n) is 13.5. The molecule has 19 heavy (non-hydrogen) atoms. The van der Waals surface area contributed by atoms with Crippen molar-refractivity contribution >= 4 is 0 Å². The molecule has 1 aliphatic rings. The van der Waals surface area contributed by atoms with Crippen molar-refractivity contribution in [3.63, 3.8) is 0 Å². The molecule has 0 spiro atoms. The van der Waals surface area contributed by atoms with Gasteiger partial charge >= 0.3 is 0 Å². The molecular weight excluding hydrogens is 236 g/mol. The van der Waals surface area contributed by atoms with Gasteiger partial charge in [-0.25, -0.2) is 0 Å². The number of nitrogens with one attached hydrogen (secondary N) is 1. The lowest BCUT2D eigenvalue weighted by atomic mass is 9.79. The lowest BCUT2D eigenvalue weighted by Crippen LogP contribution is -2.46. The minimum Gasteiger partial charge on any atom is -0.381 e. The van der Waals surface area contributed by atoms with Crippen molar-refractivity contribution in [1.82, 2.24) is 10.2 Å². The fourth-order valence-corrected chi connectivity index (χ4v) is 2.86. The molecule has 3 nitrogen and oxygen atoms in total. The Bertz CT molecular complexity index is 225. The van der Waals surface area contributed by atoms with Crippen LogP contribution in [0.5, 0.6) is 0 Å². The number of rotatable bonds is 9. The molecular formula is C16H34N2O. The lowest BCUT2D eigenvalue weighted by molar-refractivity contribution is -0.000944. The Kier molecular flexibility index (Phi) is 7.96. The van der Waals surface area contributed by atoms with Crippen molar-refractivity contribution in [1.29, 1.82) is 0 Å². The van der Waals surface area contributed by atoms with Gasteiger partial charge in [-0.05, 0) is 57.2 Å². The Morgan fingerprint density at radius 2 is 1.95 bits per heavy atom. The number of nitrogens with zero attached hydrogens (tertiary/aromatic N) is 1. The molecule has 1 aliphatic heterocycles. The molecule has 0 bridgehead atoms. The summed E-state index contributed by atoms with van der Waals surface area (Å²) in [6, 6.07) is 0. The summed E-state index contributed by atoms with van der Waals surface area (Å²) in [5, 5.41) is 3.63. The molecule has 1 N–H and O–H groups in total. The van der Waals surface area contributed by atoms with Crippen molar-refractivity contribution in [2.24, 2.45) is 11.3 Å². The standard InChI is InChI=1S/C16H34N2O/c1-5-9-17-13-16(7-11-19-12-8-16)14-18(4)10-6-15(2)3/h15,17H,5-14H2,1-4H3. The van der Waals surface area contributed by atoms with E-state index in [1.807, 2.05) is 0 Å². The van der Waals surface area contributed by atoms with Crippen LogP contribution in [0.3, 0.4) is 0 Å². The smallest absolute Gasteiger partial charge is 0.0472 e. The molecule has 0 atom stereocenters. The van der Waals surface area contributed by atoms with Gasteiger partial charge in [0.2, 0.25) is 0 Å². The van der Waals surface area contributed by atoms with Crippen LogP contribution in [0.2, 0.25) is 0 Å². The van der Waals surface area contributed by atoms with E-state index >= 15 is 0 Å². The zero-order chi connectivity index (χ0) is 14.1. The minimum absolute atomic E-state index is 0.430. The quantitative estimate of drug-likeness (QED) is 0.652. The maximum Gasteiger partial charge on any atom is 0.0472 e. The summed E-state index contributed by atoms with van der Waals surface area (Å²) in [4.78, 5) is 2.53. The third-order valence-corrected chi connectivity index (χ3v) is 4.17. The second-order valence-electron chi connectivity index (χ2n) is 6.71. The second-order valence-corrected chi connectivity index (χ2v) is 6.71. The average molecular weight is 270 g/mol. The number of hydrogen-bond donors (Lipinski definition) is 1. The van der Waals surface area contributed by atoms with E-state index in [1.165, 1.54) is 38.8 Å². The van der Waals surface area contributed by atoms with Crippen molar-refractivity contribution in [2.45, 2.75) is 46.5 Å². The molecule has 114 valence electrons. The van der Waals surface area contributed by atoms with Gasteiger partial charge in [-0.2, -0.15) is 0 Å². The molecule has 1 saturated heterocycles. The van der Waals surface area contributed by atoms with Crippen LogP contribution in [0.4, 0.5) is 0 Å². The highest BCUT2D eigenvalue weighted by molar-refractivity contribution is 4.86. The van der Waals surface area contributed by atoms with E-state index < -0.39 is 0 Å². The van der Waals surface area contributed by atoms with Crippen LogP contribution < -0.4 is 5.32 Å². The summed E-state index contributed by atoms with van der Waals surface area (Å²) in [7, 11) is 2.28. The largest absolute Gasteiger partial charge is 0.381 e. The molecule has 1 heterocycles. The fourth-order valence-electron chi connectivity index (χ4n) is 2.86. The molecule has 1 fully saturated rings. The summed E-state index contributed by atoms with van der Waals surface area (Å²) in [5.74, 6) is 0.798. The van der Waals surface area contributed by atoms with E-state index in [9.17, 15) is 0 Å². The predicted molar refractivity (Wildman–Crippen MR) is 82.6 cm³/mol. The lowest BCUT2D eigenvalue weighted by Gasteiger charge is -2.40. The van der Waals surface area contributed by atoms with Crippen LogP contribution in [0.15, 0.2) is 0 Å². The Morgan fingerprint density at radius 3 is 2.53 bits per heavy atom. The van der Waals surface area contributed by atoms with Crippen LogP contribution in [-0.2, 0) is 4.74 Å². The fraction of sp³-hybridized carbons (Fsp3) is 1.00. The van der Waals surface area contributed by atoms with Gasteiger partial charge in [-0.1, -0.05) is 20.8 Å². The van der Waals surface area contributed by atoms with Crippen molar-refractivity contribution in [3.8, 4) is 0 Å². The number of hydrogen-bond acceptors (Lipinski definition) is 3. The highest BCUT2D eigenvalue weighted by Crippen LogP contribution is 2.30. The molecule has 3 heteroatoms. The normalized spacial score (nSPS) is 19.3. The van der Waals surface area contributed by atoms with Crippen LogP contribution in [-0.4, -0.2) is 51.3 Å². The molecule has 0 amide bonds. The van der Waals surface area contributed by atoms with E-state index in [-0.39, 0.29) is 0 Å². The maximum absolute atomic E-state index is 5.56. The summed E-state index contributed by atoms with van der Waals surface area (Å²) < 4.78 is 5.56. The maximum atomic E-state index is 5.56. The Hall–Kier alpha value is -0.120. The summed E-state index contributed by atoms with van der Waals surface area (Å²) in [6.07, 6.45) is 4.92. The highest BCUT2D eigenvalue weighted by Gasteiger charge is 2.33. The van der Waals surface area contributed by atoms with Crippen molar-refractivity contribution < 1.29 is 4.74 Å². The first-order valence-corrected chi connectivity index (χ1v) is 8.05. The first-order valence-electron chi connectivity index (χ1n) is 8.05. The topological polar surface area (TPSA) is 24.5 Å². The summed E-state index contributed by atoms with van der Waals surface area (Å²) in [5.41, 5.74) is 0.430. The van der Waals surface area contributed by atoms with Crippen molar-refractivity contribution in [2.75, 3.05) is 46.4 Å². The first kappa shape index (κ1) is 16.9. The van der Waals surface area contributed by atoms with E-state index in [2.05, 4.69) is 38.0 Å². The van der Waals surface area contributed by atoms with Crippen LogP contribution in [0.1, 0.15) is 46.5 Å². The van der Waals surface area contributed by atoms with Gasteiger partial charge in [0.15, 0.2) is 0 Å². The molecule has 0 unspecified atom stereocenters. The predicted octanol–water partition coefficient (Wildman–Crippen LogP) is 2.76. The Labute approximate surface area is 120 Å². The third kappa shape index (κ3) is 6.73. The highest BCUT2D eigenvalue weighted by atomic mass is 16.5. The van der Waals surface area contributed by atoms with Gasteiger partial charge in [0.25, 0.3) is 0 Å². The SMILES string of the molecule is CCCNCC1(CN(C)CCC(C)C)CCOCC1. The first-order chi connectivity index (χ1) is 9.08. The zero-order valence-corrected chi connectivity index (χ0v) is 13.5. The Morgan fingerprint density at radius 1 is 1.26 bits per heavy atom. The second kappa shape index (κ2) is 8.93. The van der Waals surface area contributed by atoms with Crippen LogP contribution in [0.25, 0.3) is 0 Å². The molecule has 0 aromatic carbocycles. The summed E-state index contributed by atoms with van der Waals surface area (Å²) >= 11 is 0. The monoisotopic (exact) mass is 270 g/mol. The van der Waals surface area contributed by atoms with Crippen LogP contribution >= 0.6 is 0 Å². The van der Waals surface area contributed by atoms with Gasteiger partial charge in [0.1, 0.15) is 0 Å². The van der Waals surface area contributed by atoms with Gasteiger partial charge in [-0.3, -0.25) is 0 Å².